The summed E-state index contributed by atoms with van der Waals surface area (Å²) in [4.78, 5) is 23.2. The van der Waals surface area contributed by atoms with Crippen LogP contribution in [0.15, 0.2) is 16.7 Å². The highest BCUT2D eigenvalue weighted by atomic mass is 79.9. The minimum atomic E-state index is -0.450. The first kappa shape index (κ1) is 22.1. The average molecular weight is 470 g/mol. The molecule has 0 saturated carbocycles. The van der Waals surface area contributed by atoms with Crippen molar-refractivity contribution in [3.05, 3.63) is 16.7 Å². The van der Waals surface area contributed by atoms with Crippen LogP contribution >= 0.6 is 15.9 Å². The first-order valence-electron chi connectivity index (χ1n) is 10.2. The Balaban J connectivity index is 1.46. The van der Waals surface area contributed by atoms with Crippen LogP contribution in [0, 0.1) is 0 Å². The molecule has 0 aliphatic carbocycles. The molecule has 2 fully saturated rings. The number of aromatic nitrogens is 1. The summed E-state index contributed by atoms with van der Waals surface area (Å²) in [5, 5.41) is 3.49. The Morgan fingerprint density at radius 3 is 2.55 bits per heavy atom. The highest BCUT2D eigenvalue weighted by Crippen LogP contribution is 2.27. The number of pyridine rings is 1. The minimum Gasteiger partial charge on any atom is -0.444 e. The number of amides is 1. The Hall–Kier alpha value is -1.58. The molecule has 0 atom stereocenters. The van der Waals surface area contributed by atoms with Crippen molar-refractivity contribution < 1.29 is 14.3 Å². The van der Waals surface area contributed by atoms with Gasteiger partial charge in [0.25, 0.3) is 0 Å². The van der Waals surface area contributed by atoms with Gasteiger partial charge in [-0.05, 0) is 42.8 Å². The summed E-state index contributed by atoms with van der Waals surface area (Å²) in [5.74, 6) is 0.905. The Morgan fingerprint density at radius 2 is 1.90 bits per heavy atom. The normalized spacial score (nSPS) is 18.6. The lowest BCUT2D eigenvalue weighted by atomic mass is 10.2. The summed E-state index contributed by atoms with van der Waals surface area (Å²) >= 11 is 3.53. The van der Waals surface area contributed by atoms with Crippen LogP contribution in [0.3, 0.4) is 0 Å². The second kappa shape index (κ2) is 9.95. The maximum atomic E-state index is 12.2. The van der Waals surface area contributed by atoms with E-state index in [1.165, 1.54) is 0 Å². The van der Waals surface area contributed by atoms with Gasteiger partial charge < -0.3 is 24.6 Å². The molecular formula is C20H32BrN5O3. The first-order valence-corrected chi connectivity index (χ1v) is 11.0. The SMILES string of the molecule is CC(C)(C)OC(=O)N1CCN(CCNc2ncc(Br)cc2N2CCOCC2)CC1. The minimum absolute atomic E-state index is 0.218. The standard InChI is InChI=1S/C20H32BrN5O3/c1-20(2,3)29-19(27)26-8-6-24(7-9-26)5-4-22-18-17(14-16(21)15-23-18)25-10-12-28-13-11-25/h14-15H,4-13H2,1-3H3,(H,22,23). The molecular weight excluding hydrogens is 438 g/mol. The van der Waals surface area contributed by atoms with Gasteiger partial charge in [0.05, 0.1) is 18.9 Å². The highest BCUT2D eigenvalue weighted by molar-refractivity contribution is 9.10. The molecule has 3 rings (SSSR count). The molecule has 2 saturated heterocycles. The number of hydrogen-bond acceptors (Lipinski definition) is 7. The average Bonchev–Trinajstić information content (AvgIpc) is 2.69. The summed E-state index contributed by atoms with van der Waals surface area (Å²) in [7, 11) is 0. The van der Waals surface area contributed by atoms with Crippen molar-refractivity contribution in [2.24, 2.45) is 0 Å². The Labute approximate surface area is 181 Å². The third-order valence-corrected chi connectivity index (χ3v) is 5.36. The van der Waals surface area contributed by atoms with E-state index in [0.717, 1.165) is 68.5 Å². The molecule has 1 amide bonds. The number of anilines is 2. The molecule has 2 aliphatic rings. The van der Waals surface area contributed by atoms with Crippen LogP contribution in [0.25, 0.3) is 0 Å². The molecule has 162 valence electrons. The topological polar surface area (TPSA) is 70.2 Å². The summed E-state index contributed by atoms with van der Waals surface area (Å²) in [6.07, 6.45) is 1.61. The van der Waals surface area contributed by atoms with E-state index in [1.807, 2.05) is 27.0 Å². The molecule has 0 spiro atoms. The zero-order valence-electron chi connectivity index (χ0n) is 17.6. The monoisotopic (exact) mass is 469 g/mol. The molecule has 3 heterocycles. The van der Waals surface area contributed by atoms with Gasteiger partial charge in [-0.1, -0.05) is 0 Å². The predicted molar refractivity (Wildman–Crippen MR) is 118 cm³/mol. The van der Waals surface area contributed by atoms with Crippen molar-refractivity contribution in [3.8, 4) is 0 Å². The van der Waals surface area contributed by atoms with Crippen LogP contribution in [0.4, 0.5) is 16.3 Å². The Bertz CT molecular complexity index is 683. The smallest absolute Gasteiger partial charge is 0.410 e. The molecule has 0 bridgehead atoms. The van der Waals surface area contributed by atoms with E-state index in [2.05, 4.69) is 42.1 Å². The summed E-state index contributed by atoms with van der Waals surface area (Å²) in [6.45, 7) is 13.7. The van der Waals surface area contributed by atoms with E-state index < -0.39 is 5.60 Å². The molecule has 2 aliphatic heterocycles. The number of nitrogens with zero attached hydrogens (tertiary/aromatic N) is 4. The molecule has 0 unspecified atom stereocenters. The lowest BCUT2D eigenvalue weighted by Crippen LogP contribution is -2.50. The highest BCUT2D eigenvalue weighted by Gasteiger charge is 2.25. The zero-order valence-corrected chi connectivity index (χ0v) is 19.2. The molecule has 0 radical (unpaired) electrons. The fourth-order valence-corrected chi connectivity index (χ4v) is 3.74. The lowest BCUT2D eigenvalue weighted by molar-refractivity contribution is 0.0148. The van der Waals surface area contributed by atoms with Crippen molar-refractivity contribution in [2.75, 3.05) is 75.8 Å². The van der Waals surface area contributed by atoms with Crippen molar-refractivity contribution >= 4 is 33.5 Å². The van der Waals surface area contributed by atoms with Gasteiger partial charge in [-0.2, -0.15) is 0 Å². The van der Waals surface area contributed by atoms with Gasteiger partial charge >= 0.3 is 6.09 Å². The number of hydrogen-bond donors (Lipinski definition) is 1. The van der Waals surface area contributed by atoms with Gasteiger partial charge in [0.2, 0.25) is 0 Å². The van der Waals surface area contributed by atoms with Gasteiger partial charge in [-0.25, -0.2) is 9.78 Å². The van der Waals surface area contributed by atoms with E-state index in [9.17, 15) is 4.79 Å². The van der Waals surface area contributed by atoms with E-state index in [4.69, 9.17) is 9.47 Å². The third kappa shape index (κ3) is 6.72. The predicted octanol–water partition coefficient (Wildman–Crippen LogP) is 2.65. The van der Waals surface area contributed by atoms with Gasteiger partial charge in [0.15, 0.2) is 0 Å². The second-order valence-corrected chi connectivity index (χ2v) is 9.27. The molecule has 8 nitrogen and oxygen atoms in total. The van der Waals surface area contributed by atoms with Crippen LogP contribution in [0.5, 0.6) is 0 Å². The van der Waals surface area contributed by atoms with E-state index in [0.29, 0.717) is 13.1 Å². The van der Waals surface area contributed by atoms with Crippen molar-refractivity contribution in [1.29, 1.82) is 0 Å². The fraction of sp³-hybridized carbons (Fsp3) is 0.700. The number of carbonyl (C=O) groups is 1. The lowest BCUT2D eigenvalue weighted by Gasteiger charge is -2.35. The first-order chi connectivity index (χ1) is 13.8. The number of piperazine rings is 1. The van der Waals surface area contributed by atoms with Gasteiger partial charge in [-0.3, -0.25) is 4.90 Å². The van der Waals surface area contributed by atoms with Gasteiger partial charge in [0.1, 0.15) is 11.4 Å². The third-order valence-electron chi connectivity index (χ3n) is 4.93. The summed E-state index contributed by atoms with van der Waals surface area (Å²) in [6, 6.07) is 2.11. The van der Waals surface area contributed by atoms with Crippen LogP contribution in [0.1, 0.15) is 20.8 Å². The van der Waals surface area contributed by atoms with Crippen LogP contribution in [-0.2, 0) is 9.47 Å². The van der Waals surface area contributed by atoms with Gasteiger partial charge in [-0.15, -0.1) is 0 Å². The van der Waals surface area contributed by atoms with E-state index >= 15 is 0 Å². The van der Waals surface area contributed by atoms with Crippen molar-refractivity contribution in [3.63, 3.8) is 0 Å². The number of morpholine rings is 1. The van der Waals surface area contributed by atoms with E-state index in [1.54, 1.807) is 4.90 Å². The van der Waals surface area contributed by atoms with Crippen LogP contribution < -0.4 is 10.2 Å². The number of nitrogens with one attached hydrogen (secondary N) is 1. The second-order valence-electron chi connectivity index (χ2n) is 8.36. The molecule has 1 aromatic rings. The molecule has 9 heteroatoms. The Morgan fingerprint density at radius 1 is 1.21 bits per heavy atom. The maximum Gasteiger partial charge on any atom is 0.410 e. The fourth-order valence-electron chi connectivity index (χ4n) is 3.42. The number of rotatable bonds is 5. The van der Waals surface area contributed by atoms with Crippen molar-refractivity contribution in [2.45, 2.75) is 26.4 Å². The number of ether oxygens (including phenoxy) is 2. The number of halogens is 1. The number of carbonyl (C=O) groups excluding carboxylic acids is 1. The Kier molecular flexibility index (Phi) is 7.59. The van der Waals surface area contributed by atoms with Crippen LogP contribution in [0.2, 0.25) is 0 Å². The molecule has 1 N–H and O–H groups in total. The molecule has 29 heavy (non-hydrogen) atoms. The van der Waals surface area contributed by atoms with Crippen LogP contribution in [-0.4, -0.2) is 92.0 Å². The molecule has 0 aromatic carbocycles. The van der Waals surface area contributed by atoms with E-state index in [-0.39, 0.29) is 6.09 Å². The largest absolute Gasteiger partial charge is 0.444 e. The quantitative estimate of drug-likeness (QED) is 0.710. The summed E-state index contributed by atoms with van der Waals surface area (Å²) < 4.78 is 11.9. The van der Waals surface area contributed by atoms with Gasteiger partial charge in [0, 0.05) is 63.0 Å². The summed E-state index contributed by atoms with van der Waals surface area (Å²) in [5.41, 5.74) is 0.658. The van der Waals surface area contributed by atoms with Crippen molar-refractivity contribution in [1.82, 2.24) is 14.8 Å². The zero-order chi connectivity index (χ0) is 20.9. The maximum absolute atomic E-state index is 12.2. The molecule has 1 aromatic heterocycles.